The molecule has 1 aliphatic rings. The van der Waals surface area contributed by atoms with E-state index in [2.05, 4.69) is 22.1 Å². The summed E-state index contributed by atoms with van der Waals surface area (Å²) in [6.07, 6.45) is 7.24. The standard InChI is InChI=1S/C19H30N6O3/c1-14-8-4-6-10-24(14)11-7-5-9-20-15(26)12-25-18(27)16-17(21-13-22(16)2)23(3)19(25)28/h13-14H,4-12H2,1-3H3,(H,20,26). The molecule has 0 bridgehead atoms. The van der Waals surface area contributed by atoms with Gasteiger partial charge in [0, 0.05) is 26.7 Å². The average molecular weight is 390 g/mol. The fraction of sp³-hybridized carbons (Fsp3) is 0.684. The fourth-order valence-corrected chi connectivity index (χ4v) is 3.89. The molecule has 1 amide bonds. The maximum atomic E-state index is 12.6. The van der Waals surface area contributed by atoms with Gasteiger partial charge in [-0.1, -0.05) is 6.42 Å². The molecule has 28 heavy (non-hydrogen) atoms. The van der Waals surface area contributed by atoms with E-state index >= 15 is 0 Å². The predicted octanol–water partition coefficient (Wildman–Crippen LogP) is 0.205. The van der Waals surface area contributed by atoms with Crippen molar-refractivity contribution in [3.8, 4) is 0 Å². The quantitative estimate of drug-likeness (QED) is 0.682. The van der Waals surface area contributed by atoms with E-state index in [1.54, 1.807) is 18.7 Å². The van der Waals surface area contributed by atoms with Crippen molar-refractivity contribution in [1.82, 2.24) is 28.9 Å². The minimum absolute atomic E-state index is 0.282. The first kappa shape index (κ1) is 20.3. The number of carbonyl (C=O) groups excluding carboxylic acids is 1. The maximum absolute atomic E-state index is 12.6. The molecule has 1 N–H and O–H groups in total. The van der Waals surface area contributed by atoms with Crippen LogP contribution in [0.1, 0.15) is 39.0 Å². The maximum Gasteiger partial charge on any atom is 0.332 e. The van der Waals surface area contributed by atoms with Crippen LogP contribution in [-0.4, -0.2) is 55.2 Å². The predicted molar refractivity (Wildman–Crippen MR) is 107 cm³/mol. The first-order chi connectivity index (χ1) is 13.4. The second-order valence-electron chi connectivity index (χ2n) is 7.70. The Labute approximate surface area is 164 Å². The number of carbonyl (C=O) groups is 1. The lowest BCUT2D eigenvalue weighted by Gasteiger charge is -2.33. The zero-order valence-electron chi connectivity index (χ0n) is 17.0. The highest BCUT2D eigenvalue weighted by Crippen LogP contribution is 2.16. The van der Waals surface area contributed by atoms with E-state index in [0.29, 0.717) is 23.8 Å². The highest BCUT2D eigenvalue weighted by atomic mass is 16.2. The lowest BCUT2D eigenvalue weighted by Crippen LogP contribution is -2.43. The van der Waals surface area contributed by atoms with E-state index in [9.17, 15) is 14.4 Å². The van der Waals surface area contributed by atoms with Gasteiger partial charge >= 0.3 is 5.69 Å². The van der Waals surface area contributed by atoms with Gasteiger partial charge in [-0.15, -0.1) is 0 Å². The van der Waals surface area contributed by atoms with Crippen LogP contribution >= 0.6 is 0 Å². The normalized spacial score (nSPS) is 17.9. The molecule has 1 unspecified atom stereocenters. The molecule has 9 heteroatoms. The third kappa shape index (κ3) is 4.19. The first-order valence-electron chi connectivity index (χ1n) is 10.0. The van der Waals surface area contributed by atoms with E-state index in [1.807, 2.05) is 0 Å². The third-order valence-electron chi connectivity index (χ3n) is 5.64. The summed E-state index contributed by atoms with van der Waals surface area (Å²) in [6, 6.07) is 0.647. The fourth-order valence-electron chi connectivity index (χ4n) is 3.89. The Morgan fingerprint density at radius 2 is 2.04 bits per heavy atom. The van der Waals surface area contributed by atoms with Gasteiger partial charge in [0.05, 0.1) is 6.33 Å². The van der Waals surface area contributed by atoms with Crippen molar-refractivity contribution in [2.24, 2.45) is 14.1 Å². The molecular formula is C19H30N6O3. The van der Waals surface area contributed by atoms with Gasteiger partial charge in [-0.3, -0.25) is 14.2 Å². The number of aromatic nitrogens is 4. The largest absolute Gasteiger partial charge is 0.355 e. The second kappa shape index (κ2) is 8.72. The lowest BCUT2D eigenvalue weighted by atomic mass is 10.0. The van der Waals surface area contributed by atoms with Crippen LogP contribution in [0.4, 0.5) is 0 Å². The molecule has 0 aliphatic carbocycles. The number of aryl methyl sites for hydroxylation is 2. The van der Waals surface area contributed by atoms with Crippen LogP contribution in [0.5, 0.6) is 0 Å². The molecule has 1 aliphatic heterocycles. The van der Waals surface area contributed by atoms with Gasteiger partial charge < -0.3 is 14.8 Å². The summed E-state index contributed by atoms with van der Waals surface area (Å²) in [6.45, 7) is 4.75. The minimum atomic E-state index is -0.537. The number of hydrogen-bond donors (Lipinski definition) is 1. The molecule has 0 aromatic carbocycles. The average Bonchev–Trinajstić information content (AvgIpc) is 3.06. The van der Waals surface area contributed by atoms with Crippen molar-refractivity contribution in [1.29, 1.82) is 0 Å². The van der Waals surface area contributed by atoms with Crippen LogP contribution in [-0.2, 0) is 25.4 Å². The van der Waals surface area contributed by atoms with Gasteiger partial charge in [-0.2, -0.15) is 0 Å². The Bertz CT molecular complexity index is 957. The number of nitrogens with zero attached hydrogens (tertiary/aromatic N) is 5. The first-order valence-corrected chi connectivity index (χ1v) is 10.0. The number of unbranched alkanes of at least 4 members (excludes halogenated alkanes) is 1. The summed E-state index contributed by atoms with van der Waals surface area (Å²) in [4.78, 5) is 43.9. The van der Waals surface area contributed by atoms with Crippen molar-refractivity contribution in [3.05, 3.63) is 27.2 Å². The molecule has 2 aromatic rings. The molecule has 1 atom stereocenters. The van der Waals surface area contributed by atoms with Crippen molar-refractivity contribution < 1.29 is 4.79 Å². The molecule has 9 nitrogen and oxygen atoms in total. The second-order valence-corrected chi connectivity index (χ2v) is 7.70. The van der Waals surface area contributed by atoms with Crippen molar-refractivity contribution in [2.75, 3.05) is 19.6 Å². The van der Waals surface area contributed by atoms with Crippen LogP contribution in [0.2, 0.25) is 0 Å². The number of amides is 1. The van der Waals surface area contributed by atoms with Crippen LogP contribution in [0.15, 0.2) is 15.9 Å². The topological polar surface area (TPSA) is 94.2 Å². The lowest BCUT2D eigenvalue weighted by molar-refractivity contribution is -0.121. The van der Waals surface area contributed by atoms with Gasteiger partial charge in [0.2, 0.25) is 5.91 Å². The van der Waals surface area contributed by atoms with Crippen LogP contribution < -0.4 is 16.6 Å². The third-order valence-corrected chi connectivity index (χ3v) is 5.64. The minimum Gasteiger partial charge on any atom is -0.355 e. The number of hydrogen-bond acceptors (Lipinski definition) is 5. The smallest absolute Gasteiger partial charge is 0.332 e. The van der Waals surface area contributed by atoms with Gasteiger partial charge in [-0.05, 0) is 45.7 Å². The Hall–Kier alpha value is -2.42. The van der Waals surface area contributed by atoms with Gasteiger partial charge in [0.25, 0.3) is 5.56 Å². The van der Waals surface area contributed by atoms with Crippen molar-refractivity contribution in [2.45, 2.75) is 51.6 Å². The molecule has 0 spiro atoms. The van der Waals surface area contributed by atoms with Gasteiger partial charge in [-0.25, -0.2) is 14.3 Å². The number of nitrogens with one attached hydrogen (secondary N) is 1. The zero-order chi connectivity index (χ0) is 20.3. The number of imidazole rings is 1. The number of piperidine rings is 1. The van der Waals surface area contributed by atoms with E-state index in [0.717, 1.165) is 30.5 Å². The SMILES string of the molecule is CC1CCCCN1CCCCNC(=O)Cn1c(=O)c2c(ncn2C)n(C)c1=O. The van der Waals surface area contributed by atoms with Crippen LogP contribution in [0.25, 0.3) is 11.2 Å². The zero-order valence-corrected chi connectivity index (χ0v) is 17.0. The van der Waals surface area contributed by atoms with Crippen molar-refractivity contribution >= 4 is 17.1 Å². The molecule has 0 saturated carbocycles. The summed E-state index contributed by atoms with van der Waals surface area (Å²) in [5.41, 5.74) is -0.399. The summed E-state index contributed by atoms with van der Waals surface area (Å²) in [7, 11) is 3.24. The molecule has 1 saturated heterocycles. The number of likely N-dealkylation sites (tertiary alicyclic amines) is 1. The van der Waals surface area contributed by atoms with E-state index < -0.39 is 11.2 Å². The molecule has 154 valence electrons. The number of rotatable bonds is 7. The monoisotopic (exact) mass is 390 g/mol. The molecule has 3 rings (SSSR count). The van der Waals surface area contributed by atoms with Crippen molar-refractivity contribution in [3.63, 3.8) is 0 Å². The Morgan fingerprint density at radius 1 is 1.25 bits per heavy atom. The highest BCUT2D eigenvalue weighted by Gasteiger charge is 2.18. The van der Waals surface area contributed by atoms with Crippen LogP contribution in [0, 0.1) is 0 Å². The molecule has 1 fully saturated rings. The van der Waals surface area contributed by atoms with E-state index in [4.69, 9.17) is 0 Å². The number of fused-ring (bicyclic) bond motifs is 1. The van der Waals surface area contributed by atoms with Crippen LogP contribution in [0.3, 0.4) is 0 Å². The summed E-state index contributed by atoms with van der Waals surface area (Å²) < 4.78 is 3.83. The van der Waals surface area contributed by atoms with Gasteiger partial charge in [0.1, 0.15) is 6.54 Å². The summed E-state index contributed by atoms with van der Waals surface area (Å²) in [5.74, 6) is -0.327. The van der Waals surface area contributed by atoms with E-state index in [1.165, 1.54) is 30.2 Å². The highest BCUT2D eigenvalue weighted by molar-refractivity contribution is 5.76. The molecule has 0 radical (unpaired) electrons. The molecule has 2 aromatic heterocycles. The molecule has 3 heterocycles. The summed E-state index contributed by atoms with van der Waals surface area (Å²) >= 11 is 0. The summed E-state index contributed by atoms with van der Waals surface area (Å²) in [5, 5.41) is 2.82. The van der Waals surface area contributed by atoms with Gasteiger partial charge in [0.15, 0.2) is 11.2 Å². The Morgan fingerprint density at radius 3 is 2.79 bits per heavy atom. The Kier molecular flexibility index (Phi) is 6.33. The Balaban J connectivity index is 1.53. The van der Waals surface area contributed by atoms with E-state index in [-0.39, 0.29) is 12.5 Å². The molecular weight excluding hydrogens is 360 g/mol.